The van der Waals surface area contributed by atoms with Crippen LogP contribution in [0.25, 0.3) is 33.4 Å². The van der Waals surface area contributed by atoms with E-state index in [1.54, 1.807) is 42.5 Å². The van der Waals surface area contributed by atoms with E-state index in [0.717, 1.165) is 35.1 Å². The maximum atomic E-state index is 13.9. The Hall–Kier alpha value is -4.85. The van der Waals surface area contributed by atoms with E-state index in [4.69, 9.17) is 4.42 Å². The van der Waals surface area contributed by atoms with Gasteiger partial charge in [-0.1, -0.05) is 12.1 Å². The SMILES string of the molecule is CNC(=O)c1c(-c2ccc(F)cc2)oc2ccc(-c3cc(C(=O)N(c4ncccn4)C4CC4)c(C)cc3C)cc12. The summed E-state index contributed by atoms with van der Waals surface area (Å²) < 4.78 is 19.7. The minimum atomic E-state index is -0.372. The Morgan fingerprint density at radius 2 is 1.65 bits per heavy atom. The van der Waals surface area contributed by atoms with Crippen molar-refractivity contribution in [2.75, 3.05) is 11.9 Å². The first kappa shape index (κ1) is 25.4. The normalized spacial score (nSPS) is 12.9. The van der Waals surface area contributed by atoms with Gasteiger partial charge in [-0.2, -0.15) is 0 Å². The molecule has 1 saturated carbocycles. The third-order valence-corrected chi connectivity index (χ3v) is 7.26. The van der Waals surface area contributed by atoms with E-state index in [2.05, 4.69) is 15.3 Å². The Kier molecular flexibility index (Phi) is 6.38. The average molecular weight is 535 g/mol. The molecule has 200 valence electrons. The summed E-state index contributed by atoms with van der Waals surface area (Å²) in [6.07, 6.45) is 5.11. The number of hydrogen-bond acceptors (Lipinski definition) is 5. The summed E-state index contributed by atoms with van der Waals surface area (Å²) >= 11 is 0. The average Bonchev–Trinajstić information content (AvgIpc) is 3.72. The molecule has 1 aliphatic rings. The molecule has 0 aliphatic heterocycles. The van der Waals surface area contributed by atoms with Gasteiger partial charge in [0.2, 0.25) is 5.95 Å². The first-order valence-corrected chi connectivity index (χ1v) is 13.1. The van der Waals surface area contributed by atoms with Crippen molar-refractivity contribution in [3.8, 4) is 22.5 Å². The van der Waals surface area contributed by atoms with Crippen LogP contribution in [0.4, 0.5) is 10.3 Å². The number of rotatable bonds is 6. The highest BCUT2D eigenvalue weighted by Gasteiger charge is 2.36. The van der Waals surface area contributed by atoms with E-state index >= 15 is 0 Å². The Morgan fingerprint density at radius 1 is 0.950 bits per heavy atom. The van der Waals surface area contributed by atoms with Gasteiger partial charge in [-0.15, -0.1) is 0 Å². The number of carbonyl (C=O) groups is 2. The van der Waals surface area contributed by atoms with E-state index in [-0.39, 0.29) is 23.7 Å². The molecule has 2 heterocycles. The minimum absolute atomic E-state index is 0.0846. The Balaban J connectivity index is 1.47. The molecule has 0 bridgehead atoms. The van der Waals surface area contributed by atoms with Crippen molar-refractivity contribution >= 4 is 28.7 Å². The highest BCUT2D eigenvalue weighted by molar-refractivity contribution is 6.12. The molecular formula is C32H27FN4O3. The lowest BCUT2D eigenvalue weighted by molar-refractivity contribution is 0.0961. The Morgan fingerprint density at radius 3 is 2.33 bits per heavy atom. The number of aryl methyl sites for hydroxylation is 2. The Labute approximate surface area is 230 Å². The third-order valence-electron chi connectivity index (χ3n) is 7.26. The second-order valence-corrected chi connectivity index (χ2v) is 10.0. The molecule has 0 atom stereocenters. The summed E-state index contributed by atoms with van der Waals surface area (Å²) in [4.78, 5) is 37.3. The standard InChI is InChI=1S/C32H27FN4O3/c1-18-15-19(2)25(31(39)37(23-10-11-23)32-35-13-4-14-36-32)17-24(18)21-7-12-27-26(16-21)28(30(38)34-3)29(40-27)20-5-8-22(33)9-6-20/h4-9,12-17,23H,10-11H2,1-3H3,(H,34,38). The number of carbonyl (C=O) groups excluding carboxylic acids is 2. The first-order valence-electron chi connectivity index (χ1n) is 13.1. The van der Waals surface area contributed by atoms with Gasteiger partial charge in [0.05, 0.1) is 5.56 Å². The van der Waals surface area contributed by atoms with Gasteiger partial charge in [0.1, 0.15) is 17.2 Å². The number of hydrogen-bond donors (Lipinski definition) is 1. The van der Waals surface area contributed by atoms with Crippen LogP contribution in [-0.2, 0) is 0 Å². The number of furan rings is 1. The predicted octanol–water partition coefficient (Wildman–Crippen LogP) is 6.48. The summed E-state index contributed by atoms with van der Waals surface area (Å²) in [7, 11) is 1.56. The van der Waals surface area contributed by atoms with Crippen LogP contribution in [0.2, 0.25) is 0 Å². The molecule has 3 aromatic carbocycles. The first-order chi connectivity index (χ1) is 19.4. The van der Waals surface area contributed by atoms with Crippen LogP contribution in [0.3, 0.4) is 0 Å². The minimum Gasteiger partial charge on any atom is -0.455 e. The number of amides is 2. The molecule has 0 spiro atoms. The van der Waals surface area contributed by atoms with Crippen LogP contribution >= 0.6 is 0 Å². The molecule has 0 saturated heterocycles. The molecule has 6 rings (SSSR count). The van der Waals surface area contributed by atoms with Crippen molar-refractivity contribution in [1.29, 1.82) is 0 Å². The zero-order chi connectivity index (χ0) is 28.0. The van der Waals surface area contributed by atoms with Crippen molar-refractivity contribution in [2.45, 2.75) is 32.7 Å². The summed E-state index contributed by atoms with van der Waals surface area (Å²) in [5.41, 5.74) is 5.63. The van der Waals surface area contributed by atoms with Gasteiger partial charge in [0.25, 0.3) is 11.8 Å². The second-order valence-electron chi connectivity index (χ2n) is 10.0. The monoisotopic (exact) mass is 534 g/mol. The van der Waals surface area contributed by atoms with E-state index in [0.29, 0.717) is 39.4 Å². The highest BCUT2D eigenvalue weighted by Crippen LogP contribution is 2.38. The molecule has 7 nitrogen and oxygen atoms in total. The Bertz CT molecular complexity index is 1760. The summed E-state index contributed by atoms with van der Waals surface area (Å²) in [6, 6.07) is 17.2. The van der Waals surface area contributed by atoms with Gasteiger partial charge in [-0.3, -0.25) is 14.5 Å². The number of nitrogens with one attached hydrogen (secondary N) is 1. The summed E-state index contributed by atoms with van der Waals surface area (Å²) in [5.74, 6) is -0.0510. The molecule has 40 heavy (non-hydrogen) atoms. The molecule has 0 radical (unpaired) electrons. The van der Waals surface area contributed by atoms with Crippen molar-refractivity contribution in [3.05, 3.63) is 101 Å². The van der Waals surface area contributed by atoms with Gasteiger partial charge in [-0.25, -0.2) is 14.4 Å². The van der Waals surface area contributed by atoms with Crippen LogP contribution in [-0.4, -0.2) is 34.9 Å². The second kappa shape index (κ2) is 10.0. The molecule has 1 N–H and O–H groups in total. The van der Waals surface area contributed by atoms with E-state index in [1.165, 1.54) is 12.1 Å². The quantitative estimate of drug-likeness (QED) is 0.269. The van der Waals surface area contributed by atoms with Gasteiger partial charge in [-0.05, 0) is 97.5 Å². The predicted molar refractivity (Wildman–Crippen MR) is 152 cm³/mol. The lowest BCUT2D eigenvalue weighted by Gasteiger charge is -2.22. The van der Waals surface area contributed by atoms with Crippen LogP contribution in [0, 0.1) is 19.7 Å². The zero-order valence-corrected chi connectivity index (χ0v) is 22.4. The molecule has 2 aromatic heterocycles. The lowest BCUT2D eigenvalue weighted by Crippen LogP contribution is -2.35. The molecule has 8 heteroatoms. The molecular weight excluding hydrogens is 507 g/mol. The van der Waals surface area contributed by atoms with Gasteiger partial charge in [0.15, 0.2) is 0 Å². The number of halogens is 1. The lowest BCUT2D eigenvalue weighted by atomic mass is 9.93. The molecule has 5 aromatic rings. The van der Waals surface area contributed by atoms with Crippen LogP contribution in [0.15, 0.2) is 77.5 Å². The number of aromatic nitrogens is 2. The number of nitrogens with zero attached hydrogens (tertiary/aromatic N) is 3. The van der Waals surface area contributed by atoms with Crippen LogP contribution < -0.4 is 10.2 Å². The van der Waals surface area contributed by atoms with E-state index in [9.17, 15) is 14.0 Å². The number of fused-ring (bicyclic) bond motifs is 1. The zero-order valence-electron chi connectivity index (χ0n) is 22.4. The number of anilines is 1. The van der Waals surface area contributed by atoms with Gasteiger partial charge >= 0.3 is 0 Å². The fourth-order valence-corrected chi connectivity index (χ4v) is 5.11. The van der Waals surface area contributed by atoms with E-state index in [1.807, 2.05) is 44.2 Å². The largest absolute Gasteiger partial charge is 0.455 e. The van der Waals surface area contributed by atoms with Crippen LogP contribution in [0.1, 0.15) is 44.7 Å². The van der Waals surface area contributed by atoms with Crippen molar-refractivity contribution in [1.82, 2.24) is 15.3 Å². The van der Waals surface area contributed by atoms with E-state index < -0.39 is 0 Å². The van der Waals surface area contributed by atoms with Gasteiger partial charge in [0, 0.05) is 42.0 Å². The molecule has 1 aliphatic carbocycles. The maximum Gasteiger partial charge on any atom is 0.261 e. The smallest absolute Gasteiger partial charge is 0.261 e. The van der Waals surface area contributed by atoms with Crippen molar-refractivity contribution in [2.24, 2.45) is 0 Å². The molecule has 2 amide bonds. The summed E-state index contributed by atoms with van der Waals surface area (Å²) in [6.45, 7) is 3.93. The number of benzene rings is 3. The maximum absolute atomic E-state index is 13.9. The topological polar surface area (TPSA) is 88.3 Å². The van der Waals surface area contributed by atoms with Crippen molar-refractivity contribution < 1.29 is 18.4 Å². The third kappa shape index (κ3) is 4.51. The fraction of sp³-hybridized carbons (Fsp3) is 0.188. The fourth-order valence-electron chi connectivity index (χ4n) is 5.11. The van der Waals surface area contributed by atoms with Gasteiger partial charge < -0.3 is 9.73 Å². The van der Waals surface area contributed by atoms with Crippen LogP contribution in [0.5, 0.6) is 0 Å². The molecule has 0 unspecified atom stereocenters. The van der Waals surface area contributed by atoms with Crippen molar-refractivity contribution in [3.63, 3.8) is 0 Å². The molecule has 1 fully saturated rings. The highest BCUT2D eigenvalue weighted by atomic mass is 19.1. The summed E-state index contributed by atoms with van der Waals surface area (Å²) in [5, 5.41) is 3.32.